The van der Waals surface area contributed by atoms with E-state index in [0.717, 1.165) is 51.4 Å². The molecule has 0 bridgehead atoms. The molecule has 1 saturated heterocycles. The molecule has 0 aromatic heterocycles. The van der Waals surface area contributed by atoms with Gasteiger partial charge < -0.3 is 15.5 Å². The topological polar surface area (TPSA) is 78.5 Å². The van der Waals surface area contributed by atoms with Crippen molar-refractivity contribution in [2.45, 2.75) is 109 Å². The van der Waals surface area contributed by atoms with Crippen LogP contribution in [0.15, 0.2) is 30.3 Å². The van der Waals surface area contributed by atoms with Crippen LogP contribution in [0.1, 0.15) is 101 Å². The number of rotatable bonds is 11. The maximum absolute atomic E-state index is 12.9. The fourth-order valence-electron chi connectivity index (χ4n) is 5.08. The highest BCUT2D eigenvalue weighted by Gasteiger charge is 2.35. The van der Waals surface area contributed by atoms with Crippen molar-refractivity contribution in [3.05, 3.63) is 35.9 Å². The van der Waals surface area contributed by atoms with Crippen molar-refractivity contribution in [2.24, 2.45) is 0 Å². The quantitative estimate of drug-likeness (QED) is 0.479. The molecule has 1 aromatic carbocycles. The molecule has 2 fully saturated rings. The Hall–Kier alpha value is -2.37. The normalized spacial score (nSPS) is 22.7. The van der Waals surface area contributed by atoms with Gasteiger partial charge in [0.15, 0.2) is 0 Å². The molecule has 2 aliphatic rings. The largest absolute Gasteiger partial charge is 0.352 e. The van der Waals surface area contributed by atoms with Gasteiger partial charge in [0.2, 0.25) is 11.8 Å². The summed E-state index contributed by atoms with van der Waals surface area (Å²) in [5.74, 6) is 0.101. The van der Waals surface area contributed by atoms with Gasteiger partial charge in [-0.25, -0.2) is 0 Å². The van der Waals surface area contributed by atoms with Gasteiger partial charge in [0.1, 0.15) is 6.04 Å². The summed E-state index contributed by atoms with van der Waals surface area (Å²) < 4.78 is 0. The average molecular weight is 456 g/mol. The van der Waals surface area contributed by atoms with E-state index in [4.69, 9.17) is 0 Å². The summed E-state index contributed by atoms with van der Waals surface area (Å²) in [5.41, 5.74) is 0.680. The SMILES string of the molecule is CCCCCCCCC(=O)N1CCC[C@H]1C(=O)NC1CCC(NC(=O)c2ccccc2)CC1. The number of hydrogen-bond acceptors (Lipinski definition) is 3. The minimum absolute atomic E-state index is 0.000525. The second-order valence-corrected chi connectivity index (χ2v) is 9.66. The number of benzene rings is 1. The third-order valence-corrected chi connectivity index (χ3v) is 7.06. The fraction of sp³-hybridized carbons (Fsp3) is 0.667. The third-order valence-electron chi connectivity index (χ3n) is 7.06. The van der Waals surface area contributed by atoms with E-state index in [9.17, 15) is 14.4 Å². The number of nitrogens with one attached hydrogen (secondary N) is 2. The molecule has 0 spiro atoms. The first kappa shape index (κ1) is 25.3. The lowest BCUT2D eigenvalue weighted by atomic mass is 9.90. The Bertz CT molecular complexity index is 759. The summed E-state index contributed by atoms with van der Waals surface area (Å²) in [4.78, 5) is 39.8. The molecule has 1 atom stereocenters. The highest BCUT2D eigenvalue weighted by atomic mass is 16.2. The van der Waals surface area contributed by atoms with E-state index < -0.39 is 0 Å². The zero-order chi connectivity index (χ0) is 23.5. The van der Waals surface area contributed by atoms with Crippen LogP contribution < -0.4 is 10.6 Å². The number of carbonyl (C=O) groups is 3. The third kappa shape index (κ3) is 7.86. The lowest BCUT2D eigenvalue weighted by Crippen LogP contribution is -2.50. The number of unbranched alkanes of at least 4 members (excludes halogenated alkanes) is 5. The van der Waals surface area contributed by atoms with Gasteiger partial charge in [-0.15, -0.1) is 0 Å². The van der Waals surface area contributed by atoms with Crippen LogP contribution in [0, 0.1) is 0 Å². The lowest BCUT2D eigenvalue weighted by molar-refractivity contribution is -0.138. The van der Waals surface area contributed by atoms with Crippen molar-refractivity contribution >= 4 is 17.7 Å². The first-order valence-corrected chi connectivity index (χ1v) is 13.0. The van der Waals surface area contributed by atoms with Crippen LogP contribution in [0.4, 0.5) is 0 Å². The summed E-state index contributed by atoms with van der Waals surface area (Å²) in [6, 6.07) is 9.24. The van der Waals surface area contributed by atoms with Crippen molar-refractivity contribution in [1.29, 1.82) is 0 Å². The highest BCUT2D eigenvalue weighted by Crippen LogP contribution is 2.23. The Labute approximate surface area is 198 Å². The van der Waals surface area contributed by atoms with Crippen molar-refractivity contribution < 1.29 is 14.4 Å². The first-order valence-electron chi connectivity index (χ1n) is 13.0. The molecule has 3 rings (SSSR count). The molecule has 0 unspecified atom stereocenters. The first-order chi connectivity index (χ1) is 16.1. The Morgan fingerprint density at radius 1 is 0.848 bits per heavy atom. The molecule has 1 saturated carbocycles. The maximum atomic E-state index is 12.9. The minimum Gasteiger partial charge on any atom is -0.352 e. The Morgan fingerprint density at radius 3 is 2.18 bits per heavy atom. The van der Waals surface area contributed by atoms with Crippen LogP contribution in [0.3, 0.4) is 0 Å². The smallest absolute Gasteiger partial charge is 0.251 e. The average Bonchev–Trinajstić information content (AvgIpc) is 3.33. The summed E-state index contributed by atoms with van der Waals surface area (Å²) in [7, 11) is 0. The molecule has 1 aliphatic heterocycles. The van der Waals surface area contributed by atoms with E-state index >= 15 is 0 Å². The van der Waals surface area contributed by atoms with Crippen molar-refractivity contribution in [3.8, 4) is 0 Å². The van der Waals surface area contributed by atoms with Crippen LogP contribution in [-0.4, -0.2) is 47.3 Å². The molecule has 182 valence electrons. The summed E-state index contributed by atoms with van der Waals surface area (Å²) in [6.07, 6.45) is 12.6. The molecule has 1 aliphatic carbocycles. The number of hydrogen-bond donors (Lipinski definition) is 2. The molecule has 3 amide bonds. The Kier molecular flexibility index (Phi) is 10.2. The van der Waals surface area contributed by atoms with Gasteiger partial charge in [-0.2, -0.15) is 0 Å². The van der Waals surface area contributed by atoms with Gasteiger partial charge in [0, 0.05) is 30.6 Å². The zero-order valence-corrected chi connectivity index (χ0v) is 20.2. The molecule has 33 heavy (non-hydrogen) atoms. The van der Waals surface area contributed by atoms with Crippen molar-refractivity contribution in [1.82, 2.24) is 15.5 Å². The molecule has 6 nitrogen and oxygen atoms in total. The van der Waals surface area contributed by atoms with E-state index in [0.29, 0.717) is 18.5 Å². The van der Waals surface area contributed by atoms with E-state index in [-0.39, 0.29) is 35.8 Å². The number of carbonyl (C=O) groups excluding carboxylic acids is 3. The van der Waals surface area contributed by atoms with Crippen LogP contribution in [0.5, 0.6) is 0 Å². The monoisotopic (exact) mass is 455 g/mol. The van der Waals surface area contributed by atoms with Crippen LogP contribution >= 0.6 is 0 Å². The number of amides is 3. The molecule has 0 radical (unpaired) electrons. The highest BCUT2D eigenvalue weighted by molar-refractivity contribution is 5.94. The molecule has 1 aromatic rings. The zero-order valence-electron chi connectivity index (χ0n) is 20.2. The summed E-state index contributed by atoms with van der Waals surface area (Å²) in [6.45, 7) is 2.91. The minimum atomic E-state index is -0.312. The van der Waals surface area contributed by atoms with Gasteiger partial charge in [-0.05, 0) is 57.1 Å². The van der Waals surface area contributed by atoms with E-state index in [1.54, 1.807) is 0 Å². The molecule has 2 N–H and O–H groups in total. The maximum Gasteiger partial charge on any atom is 0.251 e. The number of likely N-dealkylation sites (tertiary alicyclic amines) is 1. The van der Waals surface area contributed by atoms with Crippen LogP contribution in [0.25, 0.3) is 0 Å². The molecular formula is C27H41N3O3. The van der Waals surface area contributed by atoms with Gasteiger partial charge in [-0.1, -0.05) is 57.2 Å². The van der Waals surface area contributed by atoms with Crippen molar-refractivity contribution in [2.75, 3.05) is 6.54 Å². The van der Waals surface area contributed by atoms with Gasteiger partial charge in [-0.3, -0.25) is 14.4 Å². The predicted octanol–water partition coefficient (Wildman–Crippen LogP) is 4.59. The van der Waals surface area contributed by atoms with Gasteiger partial charge >= 0.3 is 0 Å². The molecule has 1 heterocycles. The second kappa shape index (κ2) is 13.4. The van der Waals surface area contributed by atoms with Crippen LogP contribution in [0.2, 0.25) is 0 Å². The van der Waals surface area contributed by atoms with Gasteiger partial charge in [0.25, 0.3) is 5.91 Å². The van der Waals surface area contributed by atoms with Gasteiger partial charge in [0.05, 0.1) is 0 Å². The van der Waals surface area contributed by atoms with Crippen LogP contribution in [-0.2, 0) is 9.59 Å². The van der Waals surface area contributed by atoms with E-state index in [2.05, 4.69) is 17.6 Å². The Morgan fingerprint density at radius 2 is 1.48 bits per heavy atom. The van der Waals surface area contributed by atoms with Crippen molar-refractivity contribution in [3.63, 3.8) is 0 Å². The lowest BCUT2D eigenvalue weighted by Gasteiger charge is -2.31. The fourth-order valence-corrected chi connectivity index (χ4v) is 5.08. The number of nitrogens with zero attached hydrogens (tertiary/aromatic N) is 1. The predicted molar refractivity (Wildman–Crippen MR) is 131 cm³/mol. The molecule has 6 heteroatoms. The standard InChI is InChI=1S/C27H41N3O3/c1-2-3-4-5-6-10-15-25(31)30-20-11-14-24(30)27(33)29-23-18-16-22(17-19-23)28-26(32)21-12-8-7-9-13-21/h7-9,12-13,22-24H,2-6,10-11,14-20H2,1H3,(H,28,32)(H,29,33)/t22?,23?,24-/m0/s1. The van der Waals surface area contributed by atoms with E-state index in [1.807, 2.05) is 35.2 Å². The summed E-state index contributed by atoms with van der Waals surface area (Å²) in [5, 5.41) is 6.31. The molecular weight excluding hydrogens is 414 g/mol. The summed E-state index contributed by atoms with van der Waals surface area (Å²) >= 11 is 0. The second-order valence-electron chi connectivity index (χ2n) is 9.66. The Balaban J connectivity index is 1.37. The van der Waals surface area contributed by atoms with E-state index in [1.165, 1.54) is 25.7 Å².